The molecule has 3 unspecified atom stereocenters. The van der Waals surface area contributed by atoms with Crippen LogP contribution < -0.4 is 0 Å². The van der Waals surface area contributed by atoms with Crippen molar-refractivity contribution in [3.8, 4) is 0 Å². The number of phosphoric ester groups is 2. The average molecular weight is 1300 g/mol. The predicted octanol–water partition coefficient (Wildman–Crippen LogP) is 19.7. The molecule has 17 nitrogen and oxygen atoms in total. The summed E-state index contributed by atoms with van der Waals surface area (Å²) in [5.74, 6) is -1.32. The van der Waals surface area contributed by atoms with Crippen molar-refractivity contribution in [3.63, 3.8) is 0 Å². The molecule has 0 fully saturated rings. The van der Waals surface area contributed by atoms with E-state index < -0.39 is 97.5 Å². The number of aliphatic hydroxyl groups excluding tert-OH is 1. The van der Waals surface area contributed by atoms with Gasteiger partial charge in [0, 0.05) is 25.7 Å². The van der Waals surface area contributed by atoms with E-state index in [0.29, 0.717) is 25.7 Å². The van der Waals surface area contributed by atoms with Crippen LogP contribution >= 0.6 is 15.6 Å². The summed E-state index contributed by atoms with van der Waals surface area (Å²) < 4.78 is 68.2. The highest BCUT2D eigenvalue weighted by atomic mass is 31.2. The van der Waals surface area contributed by atoms with Gasteiger partial charge >= 0.3 is 39.5 Å². The maximum atomic E-state index is 13.0. The summed E-state index contributed by atoms with van der Waals surface area (Å²) in [4.78, 5) is 72.4. The molecule has 0 aliphatic heterocycles. The van der Waals surface area contributed by atoms with Crippen LogP contribution in [0.5, 0.6) is 0 Å². The minimum atomic E-state index is -4.95. The Morgan fingerprint density at radius 1 is 0.318 bits per heavy atom. The molecule has 0 bridgehead atoms. The van der Waals surface area contributed by atoms with Gasteiger partial charge in [0.2, 0.25) is 0 Å². The van der Waals surface area contributed by atoms with Crippen molar-refractivity contribution in [2.45, 2.75) is 374 Å². The normalized spacial score (nSPS) is 14.4. The molecule has 0 saturated heterocycles. The van der Waals surface area contributed by atoms with E-state index in [1.165, 1.54) is 167 Å². The predicted molar refractivity (Wildman–Crippen MR) is 354 cm³/mol. The molecule has 0 aromatic rings. The van der Waals surface area contributed by atoms with Gasteiger partial charge in [-0.1, -0.05) is 304 Å². The van der Waals surface area contributed by atoms with Crippen molar-refractivity contribution in [2.24, 2.45) is 5.92 Å². The number of ether oxygens (including phenoxy) is 4. The number of carbonyl (C=O) groups excluding carboxylic acids is 4. The van der Waals surface area contributed by atoms with Gasteiger partial charge in [-0.05, 0) is 31.6 Å². The third kappa shape index (κ3) is 61.6. The smallest absolute Gasteiger partial charge is 0.462 e. The first-order valence-corrected chi connectivity index (χ1v) is 39.2. The number of rotatable bonds is 69. The lowest BCUT2D eigenvalue weighted by Crippen LogP contribution is -2.30. The second-order valence-electron chi connectivity index (χ2n) is 25.2. The van der Waals surface area contributed by atoms with E-state index in [0.717, 1.165) is 109 Å². The van der Waals surface area contributed by atoms with E-state index in [-0.39, 0.29) is 25.7 Å². The molecule has 0 radical (unpaired) electrons. The van der Waals surface area contributed by atoms with Crippen molar-refractivity contribution in [1.82, 2.24) is 0 Å². The summed E-state index contributed by atoms with van der Waals surface area (Å²) >= 11 is 0. The fraction of sp³-hybridized carbons (Fsp3) is 0.942. The monoisotopic (exact) mass is 1300 g/mol. The molecule has 0 aromatic heterocycles. The molecule has 19 heteroatoms. The maximum Gasteiger partial charge on any atom is 0.472 e. The van der Waals surface area contributed by atoms with E-state index in [4.69, 9.17) is 37.0 Å². The van der Waals surface area contributed by atoms with Gasteiger partial charge in [-0.25, -0.2) is 9.13 Å². The third-order valence-electron chi connectivity index (χ3n) is 16.4. The molecule has 0 saturated carbocycles. The number of phosphoric acid groups is 2. The van der Waals surface area contributed by atoms with Crippen molar-refractivity contribution in [2.75, 3.05) is 39.6 Å². The quantitative estimate of drug-likeness (QED) is 0.0222. The van der Waals surface area contributed by atoms with E-state index in [2.05, 4.69) is 34.6 Å². The van der Waals surface area contributed by atoms with E-state index in [1.807, 2.05) is 0 Å². The zero-order chi connectivity index (χ0) is 64.9. The van der Waals surface area contributed by atoms with Gasteiger partial charge in [-0.2, -0.15) is 0 Å². The SMILES string of the molecule is CCCCCCCCCCCCCCCCCC(=O)O[C@H](COC(=O)CCCCCCCCCCCCC(C)CC)COP(=O)(O)OC[C@@H](O)COP(=O)(O)OC[C@@H](COC(=O)CCCCCCCCC)OC(=O)CCCCCCCCCCCCCC. The van der Waals surface area contributed by atoms with Crippen LogP contribution in [0.25, 0.3) is 0 Å². The van der Waals surface area contributed by atoms with E-state index in [1.54, 1.807) is 0 Å². The fourth-order valence-electron chi connectivity index (χ4n) is 10.4. The van der Waals surface area contributed by atoms with Gasteiger partial charge in [0.25, 0.3) is 0 Å². The van der Waals surface area contributed by atoms with Crippen LogP contribution in [-0.2, 0) is 65.4 Å². The van der Waals surface area contributed by atoms with Crippen LogP contribution in [0, 0.1) is 5.92 Å². The summed E-state index contributed by atoms with van der Waals surface area (Å²) in [6, 6.07) is 0. The van der Waals surface area contributed by atoms with Crippen LogP contribution in [0.1, 0.15) is 356 Å². The molecule has 522 valence electrons. The van der Waals surface area contributed by atoms with Gasteiger partial charge in [0.05, 0.1) is 26.4 Å². The molecule has 0 rings (SSSR count). The number of hydrogen-bond donors (Lipinski definition) is 3. The fourth-order valence-corrected chi connectivity index (χ4v) is 12.0. The van der Waals surface area contributed by atoms with Gasteiger partial charge in [-0.15, -0.1) is 0 Å². The minimum absolute atomic E-state index is 0.107. The lowest BCUT2D eigenvalue weighted by atomic mass is 9.99. The Hall–Kier alpha value is -1.94. The Bertz CT molecular complexity index is 1710. The lowest BCUT2D eigenvalue weighted by molar-refractivity contribution is -0.161. The van der Waals surface area contributed by atoms with Crippen LogP contribution in [0.4, 0.5) is 0 Å². The number of esters is 4. The van der Waals surface area contributed by atoms with Gasteiger partial charge in [-0.3, -0.25) is 37.3 Å². The number of aliphatic hydroxyl groups is 1. The van der Waals surface area contributed by atoms with E-state index >= 15 is 0 Å². The average Bonchev–Trinajstić information content (AvgIpc) is 3.65. The van der Waals surface area contributed by atoms with Crippen LogP contribution in [0.3, 0.4) is 0 Å². The molecule has 0 aliphatic carbocycles. The second-order valence-corrected chi connectivity index (χ2v) is 28.1. The van der Waals surface area contributed by atoms with Gasteiger partial charge in [0.15, 0.2) is 12.2 Å². The topological polar surface area (TPSA) is 237 Å². The standard InChI is InChI=1S/C69H134O17P2/c1-6-10-13-16-19-21-23-25-26-27-29-35-40-45-50-55-69(74)86-65(59-80-67(72)53-48-43-38-33-31-30-32-37-41-46-51-62(5)9-4)61-84-88(77,78)82-57-63(70)56-81-87(75,76)83-60-64(58-79-66(71)52-47-42-36-18-15-12-8-3)85-68(73)54-49-44-39-34-28-24-22-20-17-14-11-7-2/h62-65,70H,6-61H2,1-5H3,(H,75,76)(H,77,78)/t62?,63-,64+,65+/m0/s1. The first-order valence-electron chi connectivity index (χ1n) is 36.2. The Morgan fingerprint density at radius 2 is 0.545 bits per heavy atom. The molecular weight excluding hydrogens is 1160 g/mol. The Kier molecular flexibility index (Phi) is 61.1. The van der Waals surface area contributed by atoms with Crippen molar-refractivity contribution < 1.29 is 80.2 Å². The van der Waals surface area contributed by atoms with Crippen molar-refractivity contribution in [1.29, 1.82) is 0 Å². The minimum Gasteiger partial charge on any atom is -0.462 e. The lowest BCUT2D eigenvalue weighted by Gasteiger charge is -2.21. The first-order chi connectivity index (χ1) is 42.6. The molecule has 3 N–H and O–H groups in total. The summed E-state index contributed by atoms with van der Waals surface area (Å²) in [5, 5.41) is 10.6. The molecule has 6 atom stereocenters. The highest BCUT2D eigenvalue weighted by Gasteiger charge is 2.30. The molecule has 88 heavy (non-hydrogen) atoms. The maximum absolute atomic E-state index is 13.0. The van der Waals surface area contributed by atoms with Crippen LogP contribution in [-0.4, -0.2) is 96.7 Å². The van der Waals surface area contributed by atoms with Gasteiger partial charge < -0.3 is 33.8 Å². The Balaban J connectivity index is 5.21. The highest BCUT2D eigenvalue weighted by molar-refractivity contribution is 7.47. The molecule has 0 heterocycles. The number of carbonyl (C=O) groups is 4. The Morgan fingerprint density at radius 3 is 0.807 bits per heavy atom. The molecule has 0 aliphatic rings. The summed E-state index contributed by atoms with van der Waals surface area (Å²) in [6.07, 6.45) is 48.5. The second kappa shape index (κ2) is 62.5. The molecule has 0 spiro atoms. The van der Waals surface area contributed by atoms with Crippen molar-refractivity contribution >= 4 is 39.5 Å². The van der Waals surface area contributed by atoms with Crippen LogP contribution in [0.15, 0.2) is 0 Å². The first kappa shape index (κ1) is 86.1. The number of unbranched alkanes of at least 4 members (excludes halogenated alkanes) is 40. The summed E-state index contributed by atoms with van der Waals surface area (Å²) in [7, 11) is -9.89. The zero-order valence-electron chi connectivity index (χ0n) is 56.9. The van der Waals surface area contributed by atoms with E-state index in [9.17, 15) is 43.2 Å². The largest absolute Gasteiger partial charge is 0.472 e. The van der Waals surface area contributed by atoms with Crippen LogP contribution in [0.2, 0.25) is 0 Å². The highest BCUT2D eigenvalue weighted by Crippen LogP contribution is 2.45. The number of hydrogen-bond acceptors (Lipinski definition) is 15. The molecule has 0 aromatic carbocycles. The third-order valence-corrected chi connectivity index (χ3v) is 18.3. The molecular formula is C69H134O17P2. The Labute approximate surface area is 537 Å². The summed E-state index contributed by atoms with van der Waals surface area (Å²) in [5.41, 5.74) is 0. The summed E-state index contributed by atoms with van der Waals surface area (Å²) in [6.45, 7) is 7.23. The van der Waals surface area contributed by atoms with Gasteiger partial charge in [0.1, 0.15) is 19.3 Å². The molecule has 0 amide bonds. The van der Waals surface area contributed by atoms with Crippen molar-refractivity contribution in [3.05, 3.63) is 0 Å². The zero-order valence-corrected chi connectivity index (χ0v) is 58.6.